The van der Waals surface area contributed by atoms with E-state index in [9.17, 15) is 14.7 Å². The van der Waals surface area contributed by atoms with E-state index in [0.717, 1.165) is 0 Å². The van der Waals surface area contributed by atoms with Gasteiger partial charge in [0.05, 0.1) is 11.5 Å². The van der Waals surface area contributed by atoms with Gasteiger partial charge < -0.3 is 10.4 Å². The van der Waals surface area contributed by atoms with E-state index in [1.54, 1.807) is 30.3 Å². The highest BCUT2D eigenvalue weighted by atomic mass is 35.5. The molecule has 0 spiro atoms. The third kappa shape index (κ3) is 4.03. The Morgan fingerprint density at radius 3 is 2.48 bits per heavy atom. The molecule has 2 rings (SSSR count). The average molecular weight is 305 g/mol. The third-order valence-electron chi connectivity index (χ3n) is 2.96. The van der Waals surface area contributed by atoms with E-state index in [-0.39, 0.29) is 12.5 Å². The molecule has 6 heteroatoms. The Kier molecular flexibility index (Phi) is 4.90. The van der Waals surface area contributed by atoms with Gasteiger partial charge in [-0.2, -0.15) is 0 Å². The van der Waals surface area contributed by atoms with E-state index in [0.29, 0.717) is 16.3 Å². The molecule has 2 aromatic rings. The largest absolute Gasteiger partial charge is 0.481 e. The number of rotatable bonds is 5. The van der Waals surface area contributed by atoms with Crippen molar-refractivity contribution in [3.8, 4) is 0 Å². The monoisotopic (exact) mass is 304 g/mol. The van der Waals surface area contributed by atoms with E-state index in [2.05, 4.69) is 10.3 Å². The lowest BCUT2D eigenvalue weighted by atomic mass is 9.99. The van der Waals surface area contributed by atoms with Crippen molar-refractivity contribution in [1.29, 1.82) is 0 Å². The highest BCUT2D eigenvalue weighted by Gasteiger charge is 2.20. The second kappa shape index (κ2) is 6.85. The standard InChI is InChI=1S/C15H13ClN2O3/c16-13-7-6-11(8-17-13)14(19)18-9-12(15(20)21)10-4-2-1-3-5-10/h1-8,12H,9H2,(H,18,19)(H,20,21). The minimum atomic E-state index is -0.990. The highest BCUT2D eigenvalue weighted by molar-refractivity contribution is 6.29. The first-order valence-corrected chi connectivity index (χ1v) is 6.63. The predicted octanol–water partition coefficient (Wildman–Crippen LogP) is 2.33. The van der Waals surface area contributed by atoms with Gasteiger partial charge in [-0.3, -0.25) is 9.59 Å². The molecule has 0 fully saturated rings. The lowest BCUT2D eigenvalue weighted by molar-refractivity contribution is -0.138. The van der Waals surface area contributed by atoms with Crippen molar-refractivity contribution in [1.82, 2.24) is 10.3 Å². The molecule has 1 aromatic heterocycles. The van der Waals surface area contributed by atoms with Gasteiger partial charge in [0.1, 0.15) is 5.15 Å². The number of nitrogens with one attached hydrogen (secondary N) is 1. The smallest absolute Gasteiger partial charge is 0.312 e. The van der Waals surface area contributed by atoms with Gasteiger partial charge in [-0.1, -0.05) is 41.9 Å². The number of aromatic nitrogens is 1. The molecule has 0 bridgehead atoms. The Hall–Kier alpha value is -2.40. The molecule has 1 heterocycles. The molecule has 1 atom stereocenters. The Balaban J connectivity index is 2.04. The van der Waals surface area contributed by atoms with E-state index in [1.165, 1.54) is 18.3 Å². The van der Waals surface area contributed by atoms with E-state index < -0.39 is 11.9 Å². The summed E-state index contributed by atoms with van der Waals surface area (Å²) >= 11 is 5.64. The van der Waals surface area contributed by atoms with Crippen LogP contribution in [0.25, 0.3) is 0 Å². The Morgan fingerprint density at radius 1 is 1.19 bits per heavy atom. The number of carbonyl (C=O) groups excluding carboxylic acids is 1. The van der Waals surface area contributed by atoms with Gasteiger partial charge >= 0.3 is 5.97 Å². The van der Waals surface area contributed by atoms with Crippen molar-refractivity contribution >= 4 is 23.5 Å². The fraction of sp³-hybridized carbons (Fsp3) is 0.133. The second-order valence-electron chi connectivity index (χ2n) is 4.38. The summed E-state index contributed by atoms with van der Waals surface area (Å²) in [6, 6.07) is 11.8. The molecule has 108 valence electrons. The fourth-order valence-electron chi connectivity index (χ4n) is 1.84. The first kappa shape index (κ1) is 15.0. The Bertz CT molecular complexity index is 629. The molecule has 0 saturated carbocycles. The zero-order valence-corrected chi connectivity index (χ0v) is 11.7. The number of aliphatic carboxylic acids is 1. The molecule has 2 N–H and O–H groups in total. The summed E-state index contributed by atoms with van der Waals surface area (Å²) in [6.07, 6.45) is 1.34. The van der Waals surface area contributed by atoms with Crippen LogP contribution in [-0.4, -0.2) is 28.5 Å². The number of hydrogen-bond donors (Lipinski definition) is 2. The number of pyridine rings is 1. The number of hydrogen-bond acceptors (Lipinski definition) is 3. The van der Waals surface area contributed by atoms with Crippen molar-refractivity contribution < 1.29 is 14.7 Å². The molecule has 0 saturated heterocycles. The van der Waals surface area contributed by atoms with Crippen LogP contribution in [0.15, 0.2) is 48.7 Å². The first-order chi connectivity index (χ1) is 10.1. The summed E-state index contributed by atoms with van der Waals surface area (Å²) in [5, 5.41) is 12.2. The van der Waals surface area contributed by atoms with Crippen LogP contribution in [0.4, 0.5) is 0 Å². The third-order valence-corrected chi connectivity index (χ3v) is 3.18. The number of benzene rings is 1. The van der Waals surface area contributed by atoms with Crippen LogP contribution in [0.5, 0.6) is 0 Å². The second-order valence-corrected chi connectivity index (χ2v) is 4.77. The first-order valence-electron chi connectivity index (χ1n) is 6.25. The average Bonchev–Trinajstić information content (AvgIpc) is 2.48. The summed E-state index contributed by atoms with van der Waals surface area (Å²) in [5.41, 5.74) is 0.969. The summed E-state index contributed by atoms with van der Waals surface area (Å²) in [4.78, 5) is 27.0. The van der Waals surface area contributed by atoms with Crippen LogP contribution in [0.3, 0.4) is 0 Å². The molecule has 21 heavy (non-hydrogen) atoms. The summed E-state index contributed by atoms with van der Waals surface area (Å²) < 4.78 is 0. The zero-order chi connectivity index (χ0) is 15.2. The van der Waals surface area contributed by atoms with Crippen molar-refractivity contribution in [3.63, 3.8) is 0 Å². The van der Waals surface area contributed by atoms with Crippen molar-refractivity contribution in [2.45, 2.75) is 5.92 Å². The van der Waals surface area contributed by atoms with Gasteiger partial charge in [0.15, 0.2) is 0 Å². The van der Waals surface area contributed by atoms with Gasteiger partial charge in [-0.05, 0) is 17.7 Å². The van der Waals surface area contributed by atoms with Crippen LogP contribution in [0.1, 0.15) is 21.8 Å². The van der Waals surface area contributed by atoms with Crippen LogP contribution in [0.2, 0.25) is 5.15 Å². The summed E-state index contributed by atoms with van der Waals surface area (Å²) in [7, 11) is 0. The summed E-state index contributed by atoms with van der Waals surface area (Å²) in [6.45, 7) is 0.000800. The molecule has 0 aliphatic heterocycles. The van der Waals surface area contributed by atoms with Crippen LogP contribution in [0, 0.1) is 0 Å². The van der Waals surface area contributed by atoms with Gasteiger partial charge in [-0.15, -0.1) is 0 Å². The summed E-state index contributed by atoms with van der Waals surface area (Å²) in [5.74, 6) is -2.17. The molecule has 1 aromatic carbocycles. The van der Waals surface area contributed by atoms with Crippen LogP contribution >= 0.6 is 11.6 Å². The molecule has 0 aliphatic rings. The van der Waals surface area contributed by atoms with Crippen molar-refractivity contribution in [2.75, 3.05) is 6.54 Å². The van der Waals surface area contributed by atoms with E-state index >= 15 is 0 Å². The minimum Gasteiger partial charge on any atom is -0.481 e. The number of carboxylic acid groups (broad SMARTS) is 1. The lowest BCUT2D eigenvalue weighted by Gasteiger charge is -2.13. The zero-order valence-electron chi connectivity index (χ0n) is 11.0. The van der Waals surface area contributed by atoms with Crippen molar-refractivity contribution in [2.24, 2.45) is 0 Å². The molecule has 1 unspecified atom stereocenters. The molecular formula is C15H13ClN2O3. The van der Waals surface area contributed by atoms with Gasteiger partial charge in [0, 0.05) is 12.7 Å². The van der Waals surface area contributed by atoms with Crippen molar-refractivity contribution in [3.05, 3.63) is 64.9 Å². The number of halogens is 1. The van der Waals surface area contributed by atoms with Gasteiger partial charge in [-0.25, -0.2) is 4.98 Å². The molecule has 0 radical (unpaired) electrons. The maximum absolute atomic E-state index is 11.9. The van der Waals surface area contributed by atoms with E-state index in [1.807, 2.05) is 0 Å². The SMILES string of the molecule is O=C(NCC(C(=O)O)c1ccccc1)c1ccc(Cl)nc1. The highest BCUT2D eigenvalue weighted by Crippen LogP contribution is 2.15. The van der Waals surface area contributed by atoms with Gasteiger partial charge in [0.25, 0.3) is 5.91 Å². The maximum Gasteiger partial charge on any atom is 0.312 e. The van der Waals surface area contributed by atoms with E-state index in [4.69, 9.17) is 11.6 Å². The quantitative estimate of drug-likeness (QED) is 0.831. The molecular weight excluding hydrogens is 292 g/mol. The van der Waals surface area contributed by atoms with Crippen LogP contribution in [-0.2, 0) is 4.79 Å². The lowest BCUT2D eigenvalue weighted by Crippen LogP contribution is -2.31. The maximum atomic E-state index is 11.9. The minimum absolute atomic E-state index is 0.000800. The number of nitrogens with zero attached hydrogens (tertiary/aromatic N) is 1. The normalized spacial score (nSPS) is 11.7. The van der Waals surface area contributed by atoms with Crippen LogP contribution < -0.4 is 5.32 Å². The molecule has 0 aliphatic carbocycles. The van der Waals surface area contributed by atoms with Gasteiger partial charge in [0.2, 0.25) is 0 Å². The molecule has 1 amide bonds. The Morgan fingerprint density at radius 2 is 1.90 bits per heavy atom. The molecule has 5 nitrogen and oxygen atoms in total. The Labute approximate surface area is 126 Å². The topological polar surface area (TPSA) is 79.3 Å². The predicted molar refractivity (Wildman–Crippen MR) is 78.4 cm³/mol. The number of carbonyl (C=O) groups is 2. The number of amides is 1. The number of carboxylic acids is 1. The fourth-order valence-corrected chi connectivity index (χ4v) is 1.95.